The molecule has 1 aromatic carbocycles. The molecule has 0 saturated heterocycles. The van der Waals surface area contributed by atoms with E-state index in [4.69, 9.17) is 46.4 Å². The van der Waals surface area contributed by atoms with Crippen LogP contribution in [0, 0.1) is 11.3 Å². The molecule has 0 radical (unpaired) electrons. The van der Waals surface area contributed by atoms with Crippen LogP contribution in [0.2, 0.25) is 10.0 Å². The molecule has 1 fully saturated rings. The summed E-state index contributed by atoms with van der Waals surface area (Å²) in [7, 11) is 0. The van der Waals surface area contributed by atoms with Crippen LogP contribution in [0.1, 0.15) is 31.2 Å². The summed E-state index contributed by atoms with van der Waals surface area (Å²) in [6.45, 7) is 4.20. The first kappa shape index (κ1) is 19.2. The van der Waals surface area contributed by atoms with Crippen LogP contribution in [-0.2, 0) is 0 Å². The number of allylic oxidation sites excluding steroid dienone is 1. The van der Waals surface area contributed by atoms with Gasteiger partial charge >= 0.3 is 0 Å². The van der Waals surface area contributed by atoms with Gasteiger partial charge in [-0.05, 0) is 35.6 Å². The van der Waals surface area contributed by atoms with Gasteiger partial charge in [0.15, 0.2) is 5.82 Å². The van der Waals surface area contributed by atoms with Crippen LogP contribution in [0.3, 0.4) is 0 Å². The summed E-state index contributed by atoms with van der Waals surface area (Å²) < 4.78 is 2.03. The molecule has 2 aromatic heterocycles. The highest BCUT2D eigenvalue weighted by Gasteiger charge is 2.59. The van der Waals surface area contributed by atoms with Gasteiger partial charge in [-0.2, -0.15) is 4.52 Å². The largest absolute Gasteiger partial charge is 0.291 e. The lowest BCUT2D eigenvalue weighted by atomic mass is 10.1. The second kappa shape index (κ2) is 6.75. The van der Waals surface area contributed by atoms with Crippen molar-refractivity contribution in [3.05, 3.63) is 65.1 Å². The Bertz CT molecular complexity index is 1170. The summed E-state index contributed by atoms with van der Waals surface area (Å²) in [4.78, 5) is 17.8. The van der Waals surface area contributed by atoms with Crippen LogP contribution in [-0.4, -0.2) is 14.6 Å². The predicted octanol–water partition coefficient (Wildman–Crippen LogP) is 5.06. The molecule has 0 N–H and O–H groups in total. The minimum atomic E-state index is -0.245. The van der Waals surface area contributed by atoms with Gasteiger partial charge in [0.25, 0.3) is 5.56 Å². The smallest absolute Gasteiger partial charge is 0.266 e. The number of aromatic nitrogens is 3. The van der Waals surface area contributed by atoms with E-state index in [9.17, 15) is 4.79 Å². The number of fused-ring (bicyclic) bond motifs is 1. The van der Waals surface area contributed by atoms with Crippen LogP contribution >= 0.6 is 57.7 Å². The van der Waals surface area contributed by atoms with Gasteiger partial charge in [-0.1, -0.05) is 77.7 Å². The van der Waals surface area contributed by atoms with Crippen LogP contribution in [0.25, 0.3) is 11.0 Å². The molecule has 2 heterocycles. The van der Waals surface area contributed by atoms with E-state index >= 15 is 0 Å². The first-order valence-electron chi connectivity index (χ1n) is 8.08. The van der Waals surface area contributed by atoms with Crippen LogP contribution in [0.15, 0.2) is 33.6 Å². The maximum absolute atomic E-state index is 12.7. The molecule has 0 amide bonds. The molecule has 4 nitrogen and oxygen atoms in total. The normalized spacial score (nSPS) is 21.6. The fraction of sp³-hybridized carbons (Fsp3) is 0.278. The Morgan fingerprint density at radius 1 is 1.26 bits per heavy atom. The molecule has 9 heteroatoms. The third kappa shape index (κ3) is 3.30. The zero-order valence-corrected chi connectivity index (χ0v) is 18.1. The number of nitrogens with zero attached hydrogens (tertiary/aromatic N) is 3. The number of hydrogen-bond acceptors (Lipinski definition) is 4. The Labute approximate surface area is 179 Å². The van der Waals surface area contributed by atoms with Crippen molar-refractivity contribution in [2.75, 3.05) is 0 Å². The second-order valence-corrected chi connectivity index (χ2v) is 9.83. The lowest BCUT2D eigenvalue weighted by molar-refractivity contribution is 0.585. The van der Waals surface area contributed by atoms with E-state index in [1.54, 1.807) is 30.4 Å². The summed E-state index contributed by atoms with van der Waals surface area (Å²) >= 11 is 25.2. The van der Waals surface area contributed by atoms with Crippen LogP contribution < -0.4 is 10.1 Å². The first-order chi connectivity index (χ1) is 12.7. The molecule has 1 saturated carbocycles. The summed E-state index contributed by atoms with van der Waals surface area (Å²) in [6, 6.07) is 5.21. The molecule has 4 rings (SSSR count). The molecule has 1 aliphatic carbocycles. The number of halogens is 4. The molecule has 27 heavy (non-hydrogen) atoms. The number of hydrogen-bond donors (Lipinski definition) is 0. The monoisotopic (exact) mass is 459 g/mol. The average molecular weight is 461 g/mol. The minimum Gasteiger partial charge on any atom is -0.266 e. The Morgan fingerprint density at radius 3 is 2.52 bits per heavy atom. The number of thiazole rings is 1. The van der Waals surface area contributed by atoms with Gasteiger partial charge in [-0.15, -0.1) is 5.10 Å². The highest BCUT2D eigenvalue weighted by molar-refractivity contribution is 7.15. The first-order valence-corrected chi connectivity index (χ1v) is 10.4. The van der Waals surface area contributed by atoms with Crippen molar-refractivity contribution in [2.24, 2.45) is 11.3 Å². The Hall–Kier alpha value is -1.11. The highest BCUT2D eigenvalue weighted by atomic mass is 35.5. The van der Waals surface area contributed by atoms with Crippen molar-refractivity contribution in [1.29, 1.82) is 0 Å². The van der Waals surface area contributed by atoms with Crippen molar-refractivity contribution in [1.82, 2.24) is 14.6 Å². The minimum absolute atomic E-state index is 0.0604. The quantitative estimate of drug-likeness (QED) is 0.548. The molecule has 2 unspecified atom stereocenters. The molecular weight excluding hydrogens is 448 g/mol. The second-order valence-electron chi connectivity index (χ2n) is 7.00. The summed E-state index contributed by atoms with van der Waals surface area (Å²) in [5, 5.41) is 5.40. The molecule has 0 bridgehead atoms. The molecule has 3 aromatic rings. The van der Waals surface area contributed by atoms with E-state index in [0.29, 0.717) is 30.9 Å². The topological polar surface area (TPSA) is 47.3 Å². The zero-order chi connectivity index (χ0) is 19.5. The third-order valence-electron chi connectivity index (χ3n) is 4.97. The lowest BCUT2D eigenvalue weighted by Crippen LogP contribution is -2.24. The van der Waals surface area contributed by atoms with Crippen molar-refractivity contribution in [3.63, 3.8) is 0 Å². The number of rotatable bonds is 3. The van der Waals surface area contributed by atoms with Crippen molar-refractivity contribution in [2.45, 2.75) is 19.8 Å². The van der Waals surface area contributed by atoms with Gasteiger partial charge in [0.2, 0.25) is 4.96 Å². The van der Waals surface area contributed by atoms with Crippen molar-refractivity contribution < 1.29 is 0 Å². The van der Waals surface area contributed by atoms with Gasteiger partial charge in [0, 0.05) is 21.5 Å². The molecule has 0 spiro atoms. The SMILES string of the molecule is CC1(C)C(C=C(Cl)Cl)C1c1nc2sc(=Cc3c(Cl)cccc3Cl)c(=O)n2n1. The summed E-state index contributed by atoms with van der Waals surface area (Å²) in [5.41, 5.74) is 0.299. The van der Waals surface area contributed by atoms with E-state index in [1.165, 1.54) is 15.9 Å². The van der Waals surface area contributed by atoms with Gasteiger partial charge in [0.05, 0.1) is 4.53 Å². The molecule has 1 aliphatic rings. The Morgan fingerprint density at radius 2 is 1.93 bits per heavy atom. The Balaban J connectivity index is 1.77. The highest BCUT2D eigenvalue weighted by Crippen LogP contribution is 2.64. The molecule has 140 valence electrons. The standard InChI is InChI=1S/C18H13Cl4N3OS/c1-18(2)9(7-13(21)22)14(18)15-23-17-25(24-15)16(26)12(27-17)6-8-10(19)4-3-5-11(8)20/h3-7,9,14H,1-2H3. The number of benzene rings is 1. The lowest BCUT2D eigenvalue weighted by Gasteiger charge is -1.99. The maximum atomic E-state index is 12.7. The fourth-order valence-corrected chi connectivity index (χ4v) is 5.05. The third-order valence-corrected chi connectivity index (χ3v) is 6.84. The van der Waals surface area contributed by atoms with Crippen molar-refractivity contribution in [3.8, 4) is 0 Å². The van der Waals surface area contributed by atoms with Gasteiger partial charge in [-0.25, -0.2) is 4.98 Å². The Kier molecular flexibility index (Phi) is 4.80. The summed E-state index contributed by atoms with van der Waals surface area (Å²) in [6.07, 6.45) is 3.48. The van der Waals surface area contributed by atoms with Crippen molar-refractivity contribution >= 4 is 68.8 Å². The van der Waals surface area contributed by atoms with E-state index in [-0.39, 0.29) is 27.3 Å². The van der Waals surface area contributed by atoms with E-state index < -0.39 is 0 Å². The van der Waals surface area contributed by atoms with Crippen LogP contribution in [0.4, 0.5) is 0 Å². The van der Waals surface area contributed by atoms with E-state index in [2.05, 4.69) is 23.9 Å². The predicted molar refractivity (Wildman–Crippen MR) is 112 cm³/mol. The maximum Gasteiger partial charge on any atom is 0.291 e. The zero-order valence-electron chi connectivity index (χ0n) is 14.2. The summed E-state index contributed by atoms with van der Waals surface area (Å²) in [5.74, 6) is 0.839. The van der Waals surface area contributed by atoms with Crippen LogP contribution in [0.5, 0.6) is 0 Å². The molecular formula is C18H13Cl4N3OS. The average Bonchev–Trinajstić information content (AvgIpc) is 2.86. The molecule has 0 aliphatic heterocycles. The van der Waals surface area contributed by atoms with E-state index in [1.807, 2.05) is 0 Å². The van der Waals surface area contributed by atoms with Gasteiger partial charge in [-0.3, -0.25) is 4.79 Å². The molecule has 2 atom stereocenters. The van der Waals surface area contributed by atoms with Gasteiger partial charge in [0.1, 0.15) is 4.49 Å². The van der Waals surface area contributed by atoms with E-state index in [0.717, 1.165) is 0 Å². The van der Waals surface area contributed by atoms with Gasteiger partial charge < -0.3 is 0 Å². The fourth-order valence-electron chi connectivity index (χ4n) is 3.38.